The highest BCUT2D eigenvalue weighted by Crippen LogP contribution is 2.29. The van der Waals surface area contributed by atoms with Crippen LogP contribution in [0.15, 0.2) is 18.5 Å². The predicted molar refractivity (Wildman–Crippen MR) is 66.5 cm³/mol. The lowest BCUT2D eigenvalue weighted by atomic mass is 10.0. The van der Waals surface area contributed by atoms with Crippen LogP contribution in [0, 0.1) is 18.6 Å². The van der Waals surface area contributed by atoms with Crippen LogP contribution < -0.4 is 0 Å². The van der Waals surface area contributed by atoms with E-state index in [2.05, 4.69) is 9.97 Å². The minimum atomic E-state index is -0.903. The Bertz CT molecular complexity index is 600. The van der Waals surface area contributed by atoms with Crippen molar-refractivity contribution in [1.29, 1.82) is 0 Å². The maximum atomic E-state index is 13.9. The van der Waals surface area contributed by atoms with Gasteiger partial charge in [-0.1, -0.05) is 24.6 Å². The highest BCUT2D eigenvalue weighted by atomic mass is 35.5. The van der Waals surface area contributed by atoms with Crippen LogP contribution in [-0.4, -0.2) is 9.97 Å². The molecule has 18 heavy (non-hydrogen) atoms. The molecule has 2 nitrogen and oxygen atoms in total. The third kappa shape index (κ3) is 2.08. The third-order valence-electron chi connectivity index (χ3n) is 2.78. The van der Waals surface area contributed by atoms with Gasteiger partial charge < -0.3 is 0 Å². The summed E-state index contributed by atoms with van der Waals surface area (Å²) in [5, 5.41) is 0.267. The molecule has 0 radical (unpaired) electrons. The van der Waals surface area contributed by atoms with Crippen LogP contribution in [0.2, 0.25) is 5.15 Å². The zero-order valence-electron chi connectivity index (χ0n) is 9.97. The lowest BCUT2D eigenvalue weighted by Gasteiger charge is -2.10. The summed E-state index contributed by atoms with van der Waals surface area (Å²) in [6, 6.07) is 3.02. The Balaban J connectivity index is 2.70. The van der Waals surface area contributed by atoms with E-state index in [1.54, 1.807) is 0 Å². The van der Waals surface area contributed by atoms with Gasteiger partial charge in [-0.15, -0.1) is 0 Å². The largest absolute Gasteiger partial charge is 0.236 e. The van der Waals surface area contributed by atoms with Gasteiger partial charge in [0.2, 0.25) is 0 Å². The second-order valence-corrected chi connectivity index (χ2v) is 4.26. The SMILES string of the molecule is CCc1c(Cl)ncnc1-c1ccc(C)c(F)c1F. The van der Waals surface area contributed by atoms with Gasteiger partial charge in [0.05, 0.1) is 5.69 Å². The summed E-state index contributed by atoms with van der Waals surface area (Å²) in [4.78, 5) is 7.85. The molecule has 1 aromatic heterocycles. The fraction of sp³-hybridized carbons (Fsp3) is 0.231. The van der Waals surface area contributed by atoms with Gasteiger partial charge in [0.25, 0.3) is 0 Å². The molecule has 0 unspecified atom stereocenters. The summed E-state index contributed by atoms with van der Waals surface area (Å²) in [5.41, 5.74) is 1.32. The number of hydrogen-bond acceptors (Lipinski definition) is 2. The maximum Gasteiger partial charge on any atom is 0.168 e. The molecule has 0 aliphatic carbocycles. The lowest BCUT2D eigenvalue weighted by Crippen LogP contribution is -2.00. The average molecular weight is 269 g/mol. The van der Waals surface area contributed by atoms with Gasteiger partial charge >= 0.3 is 0 Å². The van der Waals surface area contributed by atoms with Crippen molar-refractivity contribution in [2.24, 2.45) is 0 Å². The minimum absolute atomic E-state index is 0.110. The second kappa shape index (κ2) is 4.98. The van der Waals surface area contributed by atoms with Crippen molar-refractivity contribution in [3.8, 4) is 11.3 Å². The topological polar surface area (TPSA) is 25.8 Å². The third-order valence-corrected chi connectivity index (χ3v) is 3.10. The highest BCUT2D eigenvalue weighted by Gasteiger charge is 2.17. The van der Waals surface area contributed by atoms with Crippen molar-refractivity contribution in [2.75, 3.05) is 0 Å². The monoisotopic (exact) mass is 268 g/mol. The molecule has 0 bridgehead atoms. The van der Waals surface area contributed by atoms with E-state index in [0.717, 1.165) is 0 Å². The zero-order chi connectivity index (χ0) is 13.3. The summed E-state index contributed by atoms with van der Waals surface area (Å²) >= 11 is 5.94. The van der Waals surface area contributed by atoms with E-state index in [-0.39, 0.29) is 16.3 Å². The van der Waals surface area contributed by atoms with Crippen LogP contribution in [0.5, 0.6) is 0 Å². The van der Waals surface area contributed by atoms with Crippen molar-refractivity contribution in [3.63, 3.8) is 0 Å². The molecule has 0 aliphatic rings. The molecule has 1 aromatic carbocycles. The van der Waals surface area contributed by atoms with E-state index in [1.807, 2.05) is 6.92 Å². The van der Waals surface area contributed by atoms with Gasteiger partial charge in [0, 0.05) is 11.1 Å². The quantitative estimate of drug-likeness (QED) is 0.771. The first-order valence-corrected chi connectivity index (χ1v) is 5.88. The van der Waals surface area contributed by atoms with Crippen LogP contribution in [-0.2, 0) is 6.42 Å². The summed E-state index contributed by atoms with van der Waals surface area (Å²) in [6.07, 6.45) is 1.79. The number of halogens is 3. The van der Waals surface area contributed by atoms with E-state index in [4.69, 9.17) is 11.6 Å². The molecule has 94 valence electrons. The molecule has 0 fully saturated rings. The van der Waals surface area contributed by atoms with Crippen LogP contribution in [0.3, 0.4) is 0 Å². The molecule has 2 rings (SSSR count). The van der Waals surface area contributed by atoms with Crippen LogP contribution in [0.4, 0.5) is 8.78 Å². The van der Waals surface area contributed by atoms with Crippen molar-refractivity contribution >= 4 is 11.6 Å². The Kier molecular flexibility index (Phi) is 3.57. The van der Waals surface area contributed by atoms with Crippen LogP contribution in [0.1, 0.15) is 18.1 Å². The van der Waals surface area contributed by atoms with E-state index in [0.29, 0.717) is 17.7 Å². The summed E-state index contributed by atoms with van der Waals surface area (Å²) in [7, 11) is 0. The van der Waals surface area contributed by atoms with Crippen LogP contribution in [0.25, 0.3) is 11.3 Å². The number of aromatic nitrogens is 2. The first kappa shape index (κ1) is 12.9. The molecular weight excluding hydrogens is 258 g/mol. The molecule has 0 saturated heterocycles. The molecular formula is C13H11ClF2N2. The number of nitrogens with zero attached hydrogens (tertiary/aromatic N) is 2. The van der Waals surface area contributed by atoms with E-state index in [9.17, 15) is 8.78 Å². The van der Waals surface area contributed by atoms with Gasteiger partial charge in [-0.25, -0.2) is 18.7 Å². The van der Waals surface area contributed by atoms with Gasteiger partial charge in [0.1, 0.15) is 11.5 Å². The van der Waals surface area contributed by atoms with Gasteiger partial charge in [-0.3, -0.25) is 0 Å². The summed E-state index contributed by atoms with van der Waals surface area (Å²) in [6.45, 7) is 3.37. The molecule has 0 spiro atoms. The molecule has 0 N–H and O–H groups in total. The van der Waals surface area contributed by atoms with E-state index >= 15 is 0 Å². The Labute approximate surface area is 109 Å². The van der Waals surface area contributed by atoms with E-state index in [1.165, 1.54) is 25.4 Å². The average Bonchev–Trinajstić information content (AvgIpc) is 2.36. The van der Waals surface area contributed by atoms with Gasteiger partial charge in [0.15, 0.2) is 11.6 Å². The lowest BCUT2D eigenvalue weighted by molar-refractivity contribution is 0.505. The number of hydrogen-bond donors (Lipinski definition) is 0. The number of benzene rings is 1. The Morgan fingerprint density at radius 1 is 1.17 bits per heavy atom. The Morgan fingerprint density at radius 3 is 2.56 bits per heavy atom. The molecule has 1 heterocycles. The highest BCUT2D eigenvalue weighted by molar-refractivity contribution is 6.30. The number of aryl methyl sites for hydroxylation is 1. The van der Waals surface area contributed by atoms with Crippen molar-refractivity contribution in [2.45, 2.75) is 20.3 Å². The molecule has 2 aromatic rings. The molecule has 5 heteroatoms. The van der Waals surface area contributed by atoms with Gasteiger partial charge in [-0.2, -0.15) is 0 Å². The Hall–Kier alpha value is -1.55. The van der Waals surface area contributed by atoms with Crippen molar-refractivity contribution in [3.05, 3.63) is 46.4 Å². The van der Waals surface area contributed by atoms with E-state index < -0.39 is 11.6 Å². The molecule has 0 aliphatic heterocycles. The summed E-state index contributed by atoms with van der Waals surface area (Å²) in [5.74, 6) is -1.76. The second-order valence-electron chi connectivity index (χ2n) is 3.90. The first-order valence-electron chi connectivity index (χ1n) is 5.50. The van der Waals surface area contributed by atoms with Crippen molar-refractivity contribution < 1.29 is 8.78 Å². The smallest absolute Gasteiger partial charge is 0.168 e. The molecule has 0 saturated carbocycles. The van der Waals surface area contributed by atoms with Crippen molar-refractivity contribution in [1.82, 2.24) is 9.97 Å². The Morgan fingerprint density at radius 2 is 1.89 bits per heavy atom. The zero-order valence-corrected chi connectivity index (χ0v) is 10.7. The van der Waals surface area contributed by atoms with Gasteiger partial charge in [-0.05, 0) is 25.0 Å². The predicted octanol–water partition coefficient (Wildman–Crippen LogP) is 3.95. The normalized spacial score (nSPS) is 10.7. The fourth-order valence-corrected chi connectivity index (χ4v) is 2.03. The molecule has 0 atom stereocenters. The van der Waals surface area contributed by atoms with Crippen LogP contribution >= 0.6 is 11.6 Å². The standard InChI is InChI=1S/C13H11ClF2N2/c1-3-8-12(17-6-18-13(8)14)9-5-4-7(2)10(15)11(9)16/h4-6H,3H2,1-2H3. The molecule has 0 amide bonds. The maximum absolute atomic E-state index is 13.9. The minimum Gasteiger partial charge on any atom is -0.236 e. The fourth-order valence-electron chi connectivity index (χ4n) is 1.77. The summed E-state index contributed by atoms with van der Waals surface area (Å²) < 4.78 is 27.5. The number of rotatable bonds is 2. The first-order chi connectivity index (χ1) is 8.56.